The SMILES string of the molecule is C=CCCCC(=O)Nc1cccc(CNCC)c1. The van der Waals surface area contributed by atoms with E-state index < -0.39 is 0 Å². The Bertz CT molecular complexity index is 388. The maximum atomic E-state index is 11.7. The summed E-state index contributed by atoms with van der Waals surface area (Å²) in [6, 6.07) is 7.94. The van der Waals surface area contributed by atoms with Gasteiger partial charge in [-0.3, -0.25) is 4.79 Å². The number of carbonyl (C=O) groups is 1. The van der Waals surface area contributed by atoms with Gasteiger partial charge in [0.15, 0.2) is 0 Å². The topological polar surface area (TPSA) is 41.1 Å². The molecule has 0 bridgehead atoms. The van der Waals surface area contributed by atoms with E-state index in [1.807, 2.05) is 24.3 Å². The normalized spacial score (nSPS) is 10.1. The summed E-state index contributed by atoms with van der Waals surface area (Å²) in [4.78, 5) is 11.7. The van der Waals surface area contributed by atoms with E-state index in [9.17, 15) is 4.79 Å². The van der Waals surface area contributed by atoms with Crippen LogP contribution < -0.4 is 10.6 Å². The van der Waals surface area contributed by atoms with Crippen LogP contribution in [0.5, 0.6) is 0 Å². The molecule has 1 rings (SSSR count). The lowest BCUT2D eigenvalue weighted by molar-refractivity contribution is -0.116. The number of hydrogen-bond acceptors (Lipinski definition) is 2. The Kier molecular flexibility index (Phi) is 6.81. The van der Waals surface area contributed by atoms with Gasteiger partial charge in [0, 0.05) is 18.7 Å². The van der Waals surface area contributed by atoms with Crippen molar-refractivity contribution in [2.24, 2.45) is 0 Å². The van der Waals surface area contributed by atoms with Crippen LogP contribution in [0, 0.1) is 0 Å². The van der Waals surface area contributed by atoms with Crippen LogP contribution in [0.3, 0.4) is 0 Å². The molecule has 1 aromatic rings. The standard InChI is InChI=1S/C15H22N2O/c1-3-5-6-10-15(18)17-14-9-7-8-13(11-14)12-16-4-2/h3,7-9,11,16H,1,4-6,10,12H2,2H3,(H,17,18). The van der Waals surface area contributed by atoms with Crippen LogP contribution in [0.2, 0.25) is 0 Å². The fourth-order valence-electron chi connectivity index (χ4n) is 1.66. The van der Waals surface area contributed by atoms with Crippen LogP contribution in [0.4, 0.5) is 5.69 Å². The lowest BCUT2D eigenvalue weighted by atomic mass is 10.2. The van der Waals surface area contributed by atoms with Crippen molar-refractivity contribution in [3.05, 3.63) is 42.5 Å². The molecule has 3 nitrogen and oxygen atoms in total. The zero-order chi connectivity index (χ0) is 13.2. The smallest absolute Gasteiger partial charge is 0.224 e. The van der Waals surface area contributed by atoms with E-state index in [-0.39, 0.29) is 5.91 Å². The summed E-state index contributed by atoms with van der Waals surface area (Å²) in [6.07, 6.45) is 4.12. The summed E-state index contributed by atoms with van der Waals surface area (Å²) in [5, 5.41) is 6.18. The molecule has 1 aromatic carbocycles. The van der Waals surface area contributed by atoms with Crippen LogP contribution in [-0.4, -0.2) is 12.5 Å². The quantitative estimate of drug-likeness (QED) is 0.546. The highest BCUT2D eigenvalue weighted by atomic mass is 16.1. The minimum Gasteiger partial charge on any atom is -0.326 e. The first-order chi connectivity index (χ1) is 8.76. The Hall–Kier alpha value is -1.61. The number of carbonyl (C=O) groups excluding carboxylic acids is 1. The Labute approximate surface area is 109 Å². The van der Waals surface area contributed by atoms with Crippen molar-refractivity contribution in [3.63, 3.8) is 0 Å². The molecule has 0 radical (unpaired) electrons. The molecule has 0 spiro atoms. The second-order valence-corrected chi connectivity index (χ2v) is 4.21. The van der Waals surface area contributed by atoms with E-state index in [0.717, 1.165) is 31.6 Å². The fraction of sp³-hybridized carbons (Fsp3) is 0.400. The van der Waals surface area contributed by atoms with Gasteiger partial charge in [0.05, 0.1) is 0 Å². The van der Waals surface area contributed by atoms with Gasteiger partial charge in [-0.1, -0.05) is 25.1 Å². The Morgan fingerprint density at radius 2 is 2.28 bits per heavy atom. The van der Waals surface area contributed by atoms with E-state index in [4.69, 9.17) is 0 Å². The van der Waals surface area contributed by atoms with Gasteiger partial charge >= 0.3 is 0 Å². The number of allylic oxidation sites excluding steroid dienone is 1. The highest BCUT2D eigenvalue weighted by molar-refractivity contribution is 5.90. The summed E-state index contributed by atoms with van der Waals surface area (Å²) in [6.45, 7) is 7.49. The van der Waals surface area contributed by atoms with Crippen LogP contribution in [0.15, 0.2) is 36.9 Å². The minimum absolute atomic E-state index is 0.0671. The predicted octanol–water partition coefficient (Wildman–Crippen LogP) is 3.09. The molecule has 0 unspecified atom stereocenters. The first-order valence-corrected chi connectivity index (χ1v) is 6.46. The molecular formula is C15H22N2O. The minimum atomic E-state index is 0.0671. The Morgan fingerprint density at radius 1 is 1.44 bits per heavy atom. The molecule has 0 saturated heterocycles. The number of hydrogen-bond donors (Lipinski definition) is 2. The molecule has 3 heteroatoms. The Balaban J connectivity index is 2.45. The van der Waals surface area contributed by atoms with Gasteiger partial charge in [0.1, 0.15) is 0 Å². The first kappa shape index (κ1) is 14.5. The highest BCUT2D eigenvalue weighted by Crippen LogP contribution is 2.11. The van der Waals surface area contributed by atoms with Crippen molar-refractivity contribution in [3.8, 4) is 0 Å². The molecule has 0 aliphatic carbocycles. The van der Waals surface area contributed by atoms with E-state index in [1.165, 1.54) is 5.56 Å². The third kappa shape index (κ3) is 5.64. The van der Waals surface area contributed by atoms with Crippen molar-refractivity contribution >= 4 is 11.6 Å². The maximum Gasteiger partial charge on any atom is 0.224 e. The average Bonchev–Trinajstić information content (AvgIpc) is 2.37. The third-order valence-corrected chi connectivity index (χ3v) is 2.60. The third-order valence-electron chi connectivity index (χ3n) is 2.60. The summed E-state index contributed by atoms with van der Waals surface area (Å²) >= 11 is 0. The van der Waals surface area contributed by atoms with Crippen LogP contribution in [0.1, 0.15) is 31.7 Å². The van der Waals surface area contributed by atoms with E-state index in [1.54, 1.807) is 0 Å². The number of benzene rings is 1. The first-order valence-electron chi connectivity index (χ1n) is 6.46. The molecule has 1 amide bonds. The molecule has 0 fully saturated rings. The molecule has 18 heavy (non-hydrogen) atoms. The predicted molar refractivity (Wildman–Crippen MR) is 76.5 cm³/mol. The van der Waals surface area contributed by atoms with Gasteiger partial charge in [-0.15, -0.1) is 6.58 Å². The number of unbranched alkanes of at least 4 members (excludes halogenated alkanes) is 1. The van der Waals surface area contributed by atoms with Crippen LogP contribution in [-0.2, 0) is 11.3 Å². The molecule has 98 valence electrons. The van der Waals surface area contributed by atoms with Gasteiger partial charge in [-0.2, -0.15) is 0 Å². The molecular weight excluding hydrogens is 224 g/mol. The average molecular weight is 246 g/mol. The van der Waals surface area contributed by atoms with Crippen molar-refractivity contribution < 1.29 is 4.79 Å². The molecule has 0 aliphatic rings. The van der Waals surface area contributed by atoms with Gasteiger partial charge in [-0.25, -0.2) is 0 Å². The number of anilines is 1. The van der Waals surface area contributed by atoms with Crippen molar-refractivity contribution in [1.82, 2.24) is 5.32 Å². The fourth-order valence-corrected chi connectivity index (χ4v) is 1.66. The summed E-state index contributed by atoms with van der Waals surface area (Å²) in [5.74, 6) is 0.0671. The molecule has 0 heterocycles. The van der Waals surface area contributed by atoms with E-state index in [0.29, 0.717) is 6.42 Å². The molecule has 0 aromatic heterocycles. The molecule has 0 atom stereocenters. The number of rotatable bonds is 8. The summed E-state index contributed by atoms with van der Waals surface area (Å²) < 4.78 is 0. The second-order valence-electron chi connectivity index (χ2n) is 4.21. The molecule has 0 aliphatic heterocycles. The monoisotopic (exact) mass is 246 g/mol. The van der Waals surface area contributed by atoms with Crippen LogP contribution >= 0.6 is 0 Å². The number of nitrogens with one attached hydrogen (secondary N) is 2. The molecule has 2 N–H and O–H groups in total. The molecule has 0 saturated carbocycles. The summed E-state index contributed by atoms with van der Waals surface area (Å²) in [7, 11) is 0. The van der Waals surface area contributed by atoms with Gasteiger partial charge in [0.2, 0.25) is 5.91 Å². The second kappa shape index (κ2) is 8.48. The van der Waals surface area contributed by atoms with Crippen LogP contribution in [0.25, 0.3) is 0 Å². The largest absolute Gasteiger partial charge is 0.326 e. The lowest BCUT2D eigenvalue weighted by Gasteiger charge is -2.07. The lowest BCUT2D eigenvalue weighted by Crippen LogP contribution is -2.13. The van der Waals surface area contributed by atoms with Gasteiger partial charge in [-0.05, 0) is 37.1 Å². The zero-order valence-corrected chi connectivity index (χ0v) is 11.0. The van der Waals surface area contributed by atoms with Gasteiger partial charge in [0.25, 0.3) is 0 Å². The summed E-state index contributed by atoms with van der Waals surface area (Å²) in [5.41, 5.74) is 2.05. The highest BCUT2D eigenvalue weighted by Gasteiger charge is 2.02. The number of amides is 1. The maximum absolute atomic E-state index is 11.7. The van der Waals surface area contributed by atoms with Crippen molar-refractivity contribution in [2.75, 3.05) is 11.9 Å². The zero-order valence-electron chi connectivity index (χ0n) is 11.0. The van der Waals surface area contributed by atoms with Gasteiger partial charge < -0.3 is 10.6 Å². The van der Waals surface area contributed by atoms with E-state index >= 15 is 0 Å². The van der Waals surface area contributed by atoms with Crippen molar-refractivity contribution in [1.29, 1.82) is 0 Å². The Morgan fingerprint density at radius 3 is 3.00 bits per heavy atom. The van der Waals surface area contributed by atoms with Crippen molar-refractivity contribution in [2.45, 2.75) is 32.7 Å². The van der Waals surface area contributed by atoms with E-state index in [2.05, 4.69) is 30.2 Å².